The van der Waals surface area contributed by atoms with Crippen LogP contribution in [0.1, 0.15) is 27.4 Å². The standard InChI is InChI=1S/C20H14F3N5O/c1-12-25-17(19(29)28-16-6-2-13(11-24)3-7-16)10-18(26-12)27-15-8-4-14(5-9-15)20(21,22)23/h2-10H,1H3,(H,28,29)(H,25,26,27). The molecule has 1 aromatic heterocycles. The molecule has 0 unspecified atom stereocenters. The van der Waals surface area contributed by atoms with E-state index in [0.29, 0.717) is 22.8 Å². The zero-order valence-corrected chi connectivity index (χ0v) is 15.1. The van der Waals surface area contributed by atoms with Crippen LogP contribution in [0.2, 0.25) is 0 Å². The number of alkyl halides is 3. The average molecular weight is 397 g/mol. The Balaban J connectivity index is 1.76. The van der Waals surface area contributed by atoms with E-state index in [1.54, 1.807) is 31.2 Å². The summed E-state index contributed by atoms with van der Waals surface area (Å²) in [6, 6.07) is 14.1. The van der Waals surface area contributed by atoms with Crippen LogP contribution in [-0.4, -0.2) is 15.9 Å². The second kappa shape index (κ2) is 7.98. The molecule has 1 amide bonds. The molecule has 0 aliphatic heterocycles. The van der Waals surface area contributed by atoms with E-state index in [1.807, 2.05) is 6.07 Å². The van der Waals surface area contributed by atoms with E-state index < -0.39 is 17.6 Å². The van der Waals surface area contributed by atoms with Crippen LogP contribution in [0.5, 0.6) is 0 Å². The van der Waals surface area contributed by atoms with Crippen LogP contribution in [0, 0.1) is 18.3 Å². The fourth-order valence-corrected chi connectivity index (χ4v) is 2.46. The number of nitriles is 1. The lowest BCUT2D eigenvalue weighted by Crippen LogP contribution is -2.15. The Hall–Kier alpha value is -3.93. The van der Waals surface area contributed by atoms with Gasteiger partial charge >= 0.3 is 6.18 Å². The van der Waals surface area contributed by atoms with Crippen molar-refractivity contribution in [3.63, 3.8) is 0 Å². The number of benzene rings is 2. The third kappa shape index (κ3) is 5.07. The number of amides is 1. The van der Waals surface area contributed by atoms with Crippen LogP contribution in [0.4, 0.5) is 30.4 Å². The number of rotatable bonds is 4. The number of carbonyl (C=O) groups is 1. The number of halogens is 3. The number of nitrogens with one attached hydrogen (secondary N) is 2. The van der Waals surface area contributed by atoms with Gasteiger partial charge in [0.25, 0.3) is 5.91 Å². The van der Waals surface area contributed by atoms with Crippen molar-refractivity contribution in [1.29, 1.82) is 5.26 Å². The predicted octanol–water partition coefficient (Wildman–Crippen LogP) is 4.67. The smallest absolute Gasteiger partial charge is 0.340 e. The van der Waals surface area contributed by atoms with Crippen molar-refractivity contribution in [3.05, 3.63) is 77.2 Å². The first-order valence-electron chi connectivity index (χ1n) is 8.36. The molecule has 9 heteroatoms. The van der Waals surface area contributed by atoms with Crippen LogP contribution < -0.4 is 10.6 Å². The maximum atomic E-state index is 12.7. The largest absolute Gasteiger partial charge is 0.416 e. The van der Waals surface area contributed by atoms with Gasteiger partial charge in [-0.3, -0.25) is 4.79 Å². The van der Waals surface area contributed by atoms with Gasteiger partial charge in [-0.05, 0) is 55.5 Å². The zero-order chi connectivity index (χ0) is 21.0. The number of carbonyl (C=O) groups excluding carboxylic acids is 1. The second-order valence-corrected chi connectivity index (χ2v) is 6.03. The third-order valence-electron chi connectivity index (χ3n) is 3.83. The molecule has 6 nitrogen and oxygen atoms in total. The van der Waals surface area contributed by atoms with Gasteiger partial charge in [-0.2, -0.15) is 18.4 Å². The molecule has 146 valence electrons. The Labute approximate surface area is 164 Å². The minimum absolute atomic E-state index is 0.0799. The molecule has 29 heavy (non-hydrogen) atoms. The van der Waals surface area contributed by atoms with Gasteiger partial charge in [-0.1, -0.05) is 0 Å². The summed E-state index contributed by atoms with van der Waals surface area (Å²) >= 11 is 0. The van der Waals surface area contributed by atoms with Gasteiger partial charge in [0.1, 0.15) is 17.3 Å². The third-order valence-corrected chi connectivity index (χ3v) is 3.83. The lowest BCUT2D eigenvalue weighted by atomic mass is 10.2. The van der Waals surface area contributed by atoms with Gasteiger partial charge in [0.15, 0.2) is 0 Å². The molecule has 0 fully saturated rings. The van der Waals surface area contributed by atoms with E-state index in [2.05, 4.69) is 20.6 Å². The topological polar surface area (TPSA) is 90.7 Å². The van der Waals surface area contributed by atoms with Crippen LogP contribution >= 0.6 is 0 Å². The summed E-state index contributed by atoms with van der Waals surface area (Å²) in [5.41, 5.74) is 0.654. The molecule has 0 spiro atoms. The first-order valence-corrected chi connectivity index (χ1v) is 8.36. The lowest BCUT2D eigenvalue weighted by molar-refractivity contribution is -0.137. The van der Waals surface area contributed by atoms with Gasteiger partial charge in [-0.15, -0.1) is 0 Å². The Morgan fingerprint density at radius 2 is 1.62 bits per heavy atom. The average Bonchev–Trinajstić information content (AvgIpc) is 2.68. The number of aryl methyl sites for hydroxylation is 1. The molecule has 0 aliphatic rings. The maximum absolute atomic E-state index is 12.7. The minimum Gasteiger partial charge on any atom is -0.340 e. The van der Waals surface area contributed by atoms with Gasteiger partial charge < -0.3 is 10.6 Å². The molecule has 2 N–H and O–H groups in total. The molecule has 0 bridgehead atoms. The maximum Gasteiger partial charge on any atom is 0.416 e. The van der Waals surface area contributed by atoms with E-state index >= 15 is 0 Å². The first-order chi connectivity index (χ1) is 13.7. The molecule has 1 heterocycles. The van der Waals surface area contributed by atoms with Gasteiger partial charge in [0.2, 0.25) is 0 Å². The normalized spacial score (nSPS) is 10.9. The molecule has 0 aliphatic carbocycles. The highest BCUT2D eigenvalue weighted by molar-refractivity contribution is 6.03. The molecular formula is C20H14F3N5O. The van der Waals surface area contributed by atoms with Crippen molar-refractivity contribution in [2.24, 2.45) is 0 Å². The van der Waals surface area contributed by atoms with Crippen LogP contribution in [0.3, 0.4) is 0 Å². The summed E-state index contributed by atoms with van der Waals surface area (Å²) in [4.78, 5) is 20.7. The van der Waals surface area contributed by atoms with E-state index in [9.17, 15) is 18.0 Å². The highest BCUT2D eigenvalue weighted by Crippen LogP contribution is 2.30. The highest BCUT2D eigenvalue weighted by atomic mass is 19.4. The monoisotopic (exact) mass is 397 g/mol. The quantitative estimate of drug-likeness (QED) is 0.668. The van der Waals surface area contributed by atoms with Crippen molar-refractivity contribution >= 4 is 23.1 Å². The fraction of sp³-hybridized carbons (Fsp3) is 0.100. The molecular weight excluding hydrogens is 383 g/mol. The van der Waals surface area contributed by atoms with E-state index in [1.165, 1.54) is 18.2 Å². The summed E-state index contributed by atoms with van der Waals surface area (Å²) in [6.07, 6.45) is -4.42. The molecule has 0 radical (unpaired) electrons. The van der Waals surface area contributed by atoms with Crippen molar-refractivity contribution in [3.8, 4) is 6.07 Å². The Morgan fingerprint density at radius 1 is 1.00 bits per heavy atom. The number of aromatic nitrogens is 2. The Kier molecular flexibility index (Phi) is 5.45. The SMILES string of the molecule is Cc1nc(Nc2ccc(C(F)(F)F)cc2)cc(C(=O)Nc2ccc(C#N)cc2)n1. The summed E-state index contributed by atoms with van der Waals surface area (Å²) in [6.45, 7) is 1.59. The summed E-state index contributed by atoms with van der Waals surface area (Å²) in [5.74, 6) is 0.0878. The summed E-state index contributed by atoms with van der Waals surface area (Å²) < 4.78 is 38.0. The Morgan fingerprint density at radius 3 is 2.21 bits per heavy atom. The lowest BCUT2D eigenvalue weighted by Gasteiger charge is -2.11. The molecule has 0 saturated heterocycles. The van der Waals surface area contributed by atoms with Crippen molar-refractivity contribution in [1.82, 2.24) is 9.97 Å². The number of nitrogens with zero attached hydrogens (tertiary/aromatic N) is 3. The number of anilines is 3. The predicted molar refractivity (Wildman–Crippen MR) is 101 cm³/mol. The van der Waals surface area contributed by atoms with Crippen molar-refractivity contribution < 1.29 is 18.0 Å². The van der Waals surface area contributed by atoms with E-state index in [0.717, 1.165) is 12.1 Å². The molecule has 3 aromatic rings. The molecule has 0 atom stereocenters. The molecule has 2 aromatic carbocycles. The zero-order valence-electron chi connectivity index (χ0n) is 15.1. The van der Waals surface area contributed by atoms with Gasteiger partial charge in [0, 0.05) is 17.4 Å². The van der Waals surface area contributed by atoms with Crippen LogP contribution in [0.15, 0.2) is 54.6 Å². The number of hydrogen-bond donors (Lipinski definition) is 2. The van der Waals surface area contributed by atoms with E-state index in [4.69, 9.17) is 5.26 Å². The highest BCUT2D eigenvalue weighted by Gasteiger charge is 2.29. The molecule has 3 rings (SSSR count). The minimum atomic E-state index is -4.42. The van der Waals surface area contributed by atoms with E-state index in [-0.39, 0.29) is 11.5 Å². The Bertz CT molecular complexity index is 1070. The fourth-order valence-electron chi connectivity index (χ4n) is 2.46. The van der Waals surface area contributed by atoms with Crippen LogP contribution in [0.25, 0.3) is 0 Å². The number of hydrogen-bond acceptors (Lipinski definition) is 5. The van der Waals surface area contributed by atoms with Gasteiger partial charge in [-0.25, -0.2) is 9.97 Å². The first kappa shape index (κ1) is 19.8. The second-order valence-electron chi connectivity index (χ2n) is 6.03. The van der Waals surface area contributed by atoms with Crippen LogP contribution in [-0.2, 0) is 6.18 Å². The van der Waals surface area contributed by atoms with Crippen molar-refractivity contribution in [2.45, 2.75) is 13.1 Å². The van der Waals surface area contributed by atoms with Gasteiger partial charge in [0.05, 0.1) is 17.2 Å². The summed E-state index contributed by atoms with van der Waals surface area (Å²) in [7, 11) is 0. The molecule has 0 saturated carbocycles. The van der Waals surface area contributed by atoms with Crippen molar-refractivity contribution in [2.75, 3.05) is 10.6 Å². The summed E-state index contributed by atoms with van der Waals surface area (Å²) in [5, 5.41) is 14.3.